The third-order valence-electron chi connectivity index (χ3n) is 7.67. The first-order chi connectivity index (χ1) is 22.8. The maximum Gasteiger partial charge on any atom is 0.120 e. The second kappa shape index (κ2) is 14.5. The van der Waals surface area contributed by atoms with Crippen LogP contribution in [0.2, 0.25) is 19.6 Å². The fourth-order valence-corrected chi connectivity index (χ4v) is 6.63. The average molecular weight is 798 g/mol. The van der Waals surface area contributed by atoms with Gasteiger partial charge in [0, 0.05) is 42.0 Å². The summed E-state index contributed by atoms with van der Waals surface area (Å²) in [6, 6.07) is 41.2. The van der Waals surface area contributed by atoms with E-state index in [1.54, 1.807) is 6.20 Å². The molecule has 0 aliphatic carbocycles. The summed E-state index contributed by atoms with van der Waals surface area (Å²) in [5.74, 6) is -0.649. The summed E-state index contributed by atoms with van der Waals surface area (Å²) < 4.78 is 31.7. The molecule has 0 fully saturated rings. The number of benzene rings is 4. The Balaban J connectivity index is 0.000000188. The number of pyridine rings is 2. The van der Waals surface area contributed by atoms with Gasteiger partial charge in [0.05, 0.1) is 13.7 Å². The minimum absolute atomic E-state index is 0. The Hall–Kier alpha value is -4.15. The van der Waals surface area contributed by atoms with E-state index in [-0.39, 0.29) is 20.1 Å². The molecule has 3 heterocycles. The van der Waals surface area contributed by atoms with E-state index in [1.807, 2.05) is 117 Å². The summed E-state index contributed by atoms with van der Waals surface area (Å²) in [5, 5.41) is 3.21. The molecule has 5 heteroatoms. The van der Waals surface area contributed by atoms with Crippen molar-refractivity contribution in [2.45, 2.75) is 45.8 Å². The van der Waals surface area contributed by atoms with Gasteiger partial charge in [-0.2, -0.15) is 0 Å². The van der Waals surface area contributed by atoms with Crippen LogP contribution in [0, 0.1) is 12.1 Å². The molecule has 0 spiro atoms. The maximum absolute atomic E-state index is 8.84. The summed E-state index contributed by atoms with van der Waals surface area (Å²) in [7, 11) is -1.76. The molecule has 3 nitrogen and oxygen atoms in total. The molecule has 0 aliphatic heterocycles. The zero-order chi connectivity index (χ0) is 34.1. The van der Waals surface area contributed by atoms with E-state index in [1.165, 1.54) is 0 Å². The molecule has 0 atom stereocenters. The number of nitrogens with zero attached hydrogens (tertiary/aromatic N) is 2. The summed E-state index contributed by atoms with van der Waals surface area (Å²) in [6.45, 7) is 10.4. The SMILES string of the molecule is [2H]C(C)(C)c1ccnc(-c2[c-]cc3oc4ccccc4c3c2)c1.[2H]C([2H])(c1ccccc1)c1cc(-c2[c-]cccc2)ncc1[Si](C)(C)C.[Ir]. The monoisotopic (exact) mass is 798 g/mol. The van der Waals surface area contributed by atoms with Crippen molar-refractivity contribution < 1.29 is 28.6 Å². The van der Waals surface area contributed by atoms with E-state index < -0.39 is 20.3 Å². The molecular formula is C41H38IrN2OSi-2. The molecule has 0 aliphatic rings. The van der Waals surface area contributed by atoms with Gasteiger partial charge in [-0.1, -0.05) is 111 Å². The topological polar surface area (TPSA) is 38.9 Å². The number of para-hydroxylation sites is 1. The predicted octanol–water partition coefficient (Wildman–Crippen LogP) is 10.3. The number of hydrogen-bond donors (Lipinski definition) is 0. The first kappa shape index (κ1) is 29.3. The maximum atomic E-state index is 8.84. The molecule has 1 radical (unpaired) electrons. The summed E-state index contributed by atoms with van der Waals surface area (Å²) in [4.78, 5) is 9.07. The first-order valence-electron chi connectivity index (χ1n) is 16.7. The molecule has 7 rings (SSSR count). The second-order valence-corrected chi connectivity index (χ2v) is 17.3. The van der Waals surface area contributed by atoms with E-state index in [0.29, 0.717) is 5.56 Å². The quantitative estimate of drug-likeness (QED) is 0.124. The Kier molecular flexibility index (Phi) is 9.23. The van der Waals surface area contributed by atoms with Crippen LogP contribution in [0.25, 0.3) is 44.5 Å². The van der Waals surface area contributed by atoms with Crippen molar-refractivity contribution in [2.75, 3.05) is 0 Å². The first-order valence-corrected chi connectivity index (χ1v) is 18.7. The molecule has 0 bridgehead atoms. The Morgan fingerprint density at radius 2 is 1.52 bits per heavy atom. The second-order valence-electron chi connectivity index (χ2n) is 12.3. The van der Waals surface area contributed by atoms with Crippen LogP contribution in [0.15, 0.2) is 126 Å². The number of hydrogen-bond acceptors (Lipinski definition) is 3. The van der Waals surface area contributed by atoms with Crippen LogP contribution in [0.4, 0.5) is 0 Å². The third-order valence-corrected chi connectivity index (χ3v) is 9.69. The molecular weight excluding hydrogens is 757 g/mol. The van der Waals surface area contributed by atoms with Gasteiger partial charge in [0.25, 0.3) is 0 Å². The molecule has 0 amide bonds. The van der Waals surface area contributed by atoms with Gasteiger partial charge in [-0.25, -0.2) is 0 Å². The van der Waals surface area contributed by atoms with Gasteiger partial charge < -0.3 is 14.4 Å². The van der Waals surface area contributed by atoms with Crippen molar-refractivity contribution in [1.29, 1.82) is 0 Å². The van der Waals surface area contributed by atoms with Gasteiger partial charge in [-0.05, 0) is 46.5 Å². The van der Waals surface area contributed by atoms with Crippen molar-refractivity contribution in [3.63, 3.8) is 0 Å². The largest absolute Gasteiger partial charge is 0.500 e. The molecule has 7 aromatic rings. The number of fused-ring (bicyclic) bond motifs is 3. The Bertz CT molecular complexity index is 2190. The minimum Gasteiger partial charge on any atom is -0.500 e. The predicted molar refractivity (Wildman–Crippen MR) is 191 cm³/mol. The molecule has 0 N–H and O–H groups in total. The smallest absolute Gasteiger partial charge is 0.120 e. The molecule has 46 heavy (non-hydrogen) atoms. The van der Waals surface area contributed by atoms with Crippen molar-refractivity contribution in [3.05, 3.63) is 150 Å². The fourth-order valence-electron chi connectivity index (χ4n) is 5.24. The number of rotatable bonds is 6. The van der Waals surface area contributed by atoms with E-state index >= 15 is 0 Å². The number of furan rings is 1. The summed E-state index contributed by atoms with van der Waals surface area (Å²) in [5.41, 5.74) is 7.42. The minimum atomic E-state index is -1.76. The average Bonchev–Trinajstić information content (AvgIpc) is 3.46. The van der Waals surface area contributed by atoms with Gasteiger partial charge in [0.1, 0.15) is 5.58 Å². The van der Waals surface area contributed by atoms with Gasteiger partial charge >= 0.3 is 0 Å². The van der Waals surface area contributed by atoms with Crippen LogP contribution in [-0.2, 0) is 26.5 Å². The normalized spacial score (nSPS) is 12.8. The Morgan fingerprint density at radius 1 is 0.783 bits per heavy atom. The molecule has 0 unspecified atom stereocenters. The van der Waals surface area contributed by atoms with Crippen LogP contribution in [0.3, 0.4) is 0 Å². The Morgan fingerprint density at radius 3 is 2.26 bits per heavy atom. The van der Waals surface area contributed by atoms with E-state index in [4.69, 9.17) is 8.53 Å². The van der Waals surface area contributed by atoms with Crippen LogP contribution in [0.1, 0.15) is 40.5 Å². The van der Waals surface area contributed by atoms with Crippen molar-refractivity contribution in [2.24, 2.45) is 0 Å². The van der Waals surface area contributed by atoms with Crippen molar-refractivity contribution in [1.82, 2.24) is 9.97 Å². The fraction of sp³-hybridized carbons (Fsp3) is 0.171. The molecule has 0 saturated heterocycles. The standard InChI is InChI=1S/C21H22NSi.C20H16NO.Ir/c1-23(2,3)21-16-22-20(18-12-8-5-9-13-18)15-19(21)14-17-10-6-4-7-11-17;1-13(2)14-9-10-21-18(12-14)15-7-8-20-17(11-15)16-5-3-4-6-19(16)22-20;/h4-12,15-16H,14H2,1-3H3;3-6,8-13H,1-2H3;/q2*-1;/i14D2;13D;. The van der Waals surface area contributed by atoms with Crippen molar-refractivity contribution >= 4 is 35.2 Å². The molecule has 233 valence electrons. The zero-order valence-electron chi connectivity index (χ0n) is 29.7. The van der Waals surface area contributed by atoms with Crippen LogP contribution >= 0.6 is 0 Å². The van der Waals surface area contributed by atoms with Gasteiger partial charge in [-0.15, -0.1) is 59.7 Å². The Labute approximate surface area is 291 Å². The summed E-state index contributed by atoms with van der Waals surface area (Å²) >= 11 is 0. The summed E-state index contributed by atoms with van der Waals surface area (Å²) in [6.07, 6.45) is 2.06. The number of aromatic nitrogens is 2. The van der Waals surface area contributed by atoms with E-state index in [2.05, 4.69) is 53.9 Å². The zero-order valence-corrected chi connectivity index (χ0v) is 30.1. The van der Waals surface area contributed by atoms with E-state index in [0.717, 1.165) is 60.8 Å². The van der Waals surface area contributed by atoms with Gasteiger partial charge in [0.2, 0.25) is 0 Å². The van der Waals surface area contributed by atoms with Crippen LogP contribution in [0.5, 0.6) is 0 Å². The molecule has 0 saturated carbocycles. The third kappa shape index (κ3) is 7.62. The van der Waals surface area contributed by atoms with Crippen molar-refractivity contribution in [3.8, 4) is 22.5 Å². The van der Waals surface area contributed by atoms with Gasteiger partial charge in [0.15, 0.2) is 0 Å². The molecule has 4 aromatic carbocycles. The van der Waals surface area contributed by atoms with Crippen LogP contribution < -0.4 is 5.19 Å². The van der Waals surface area contributed by atoms with E-state index in [9.17, 15) is 0 Å². The molecule has 3 aromatic heterocycles. The van der Waals surface area contributed by atoms with Gasteiger partial charge in [-0.3, -0.25) is 0 Å². The van der Waals surface area contributed by atoms with Crippen LogP contribution in [-0.4, -0.2) is 18.0 Å².